The van der Waals surface area contributed by atoms with Gasteiger partial charge in [-0.05, 0) is 25.5 Å². The molecule has 1 amide bonds. The Morgan fingerprint density at radius 2 is 2.28 bits per heavy atom. The minimum atomic E-state index is -0.166. The molecular formula is C14H18N2O2. The van der Waals surface area contributed by atoms with Gasteiger partial charge >= 0.3 is 0 Å². The van der Waals surface area contributed by atoms with E-state index < -0.39 is 0 Å². The van der Waals surface area contributed by atoms with Gasteiger partial charge in [0, 0.05) is 30.3 Å². The first kappa shape index (κ1) is 13.9. The molecule has 0 saturated carbocycles. The van der Waals surface area contributed by atoms with Crippen LogP contribution in [0.5, 0.6) is 5.75 Å². The van der Waals surface area contributed by atoms with E-state index in [4.69, 9.17) is 16.9 Å². The Morgan fingerprint density at radius 1 is 1.50 bits per heavy atom. The van der Waals surface area contributed by atoms with E-state index in [1.807, 2.05) is 6.92 Å². The number of hydrogen-bond acceptors (Lipinski definition) is 3. The predicted octanol–water partition coefficient (Wildman–Crippen LogP) is 1.81. The number of nitrogen functional groups attached to an aromatic ring is 1. The molecule has 4 heteroatoms. The van der Waals surface area contributed by atoms with Crippen LogP contribution in [-0.2, 0) is 0 Å². The molecule has 18 heavy (non-hydrogen) atoms. The van der Waals surface area contributed by atoms with Gasteiger partial charge in [-0.25, -0.2) is 0 Å². The smallest absolute Gasteiger partial charge is 0.251 e. The third kappa shape index (κ3) is 4.38. The van der Waals surface area contributed by atoms with E-state index in [9.17, 15) is 4.79 Å². The van der Waals surface area contributed by atoms with E-state index in [1.54, 1.807) is 18.2 Å². The first-order chi connectivity index (χ1) is 8.67. The maximum atomic E-state index is 11.8. The van der Waals surface area contributed by atoms with Gasteiger partial charge in [0.1, 0.15) is 5.75 Å². The van der Waals surface area contributed by atoms with Gasteiger partial charge in [0.15, 0.2) is 0 Å². The topological polar surface area (TPSA) is 64.4 Å². The van der Waals surface area contributed by atoms with Gasteiger partial charge in [0.05, 0.1) is 6.61 Å². The number of nitrogens with two attached hydrogens (primary N) is 1. The molecule has 0 bridgehead atoms. The number of carbonyl (C=O) groups is 1. The van der Waals surface area contributed by atoms with Crippen molar-refractivity contribution in [3.63, 3.8) is 0 Å². The summed E-state index contributed by atoms with van der Waals surface area (Å²) in [6.07, 6.45) is 6.55. The van der Waals surface area contributed by atoms with Crippen molar-refractivity contribution in [1.82, 2.24) is 5.32 Å². The molecule has 3 N–H and O–H groups in total. The third-order valence-electron chi connectivity index (χ3n) is 2.29. The number of hydrogen-bond donors (Lipinski definition) is 2. The van der Waals surface area contributed by atoms with Crippen molar-refractivity contribution in [1.29, 1.82) is 0 Å². The summed E-state index contributed by atoms with van der Waals surface area (Å²) in [5.74, 6) is 2.96. The molecule has 0 spiro atoms. The summed E-state index contributed by atoms with van der Waals surface area (Å²) in [6, 6.07) is 4.99. The molecule has 96 valence electrons. The van der Waals surface area contributed by atoms with Crippen molar-refractivity contribution in [3.05, 3.63) is 23.8 Å². The molecule has 0 aliphatic rings. The van der Waals surface area contributed by atoms with Crippen molar-refractivity contribution >= 4 is 11.6 Å². The van der Waals surface area contributed by atoms with E-state index in [-0.39, 0.29) is 5.91 Å². The molecular weight excluding hydrogens is 228 g/mol. The van der Waals surface area contributed by atoms with Crippen LogP contribution in [0.15, 0.2) is 18.2 Å². The lowest BCUT2D eigenvalue weighted by Crippen LogP contribution is -2.24. The normalized spacial score (nSPS) is 9.56. The number of ether oxygens (including phenoxy) is 1. The Morgan fingerprint density at radius 3 is 2.94 bits per heavy atom. The maximum absolute atomic E-state index is 11.8. The van der Waals surface area contributed by atoms with E-state index in [2.05, 4.69) is 11.2 Å². The molecule has 0 heterocycles. The molecule has 4 nitrogen and oxygen atoms in total. The van der Waals surface area contributed by atoms with Crippen molar-refractivity contribution in [3.8, 4) is 18.1 Å². The van der Waals surface area contributed by atoms with Crippen LogP contribution in [0.3, 0.4) is 0 Å². The Balaban J connectivity index is 2.64. The number of anilines is 1. The summed E-state index contributed by atoms with van der Waals surface area (Å²) in [5, 5.41) is 2.78. The number of carbonyl (C=O) groups excluding carboxylic acids is 1. The molecule has 0 radical (unpaired) electrons. The van der Waals surface area contributed by atoms with Gasteiger partial charge in [0.2, 0.25) is 0 Å². The molecule has 0 aromatic heterocycles. The number of nitrogens with one attached hydrogen (secondary N) is 1. The SMILES string of the molecule is C#CCCCNC(=O)c1cc(N)cc(OCC)c1. The molecule has 0 saturated heterocycles. The van der Waals surface area contributed by atoms with Crippen molar-refractivity contribution in [2.75, 3.05) is 18.9 Å². The van der Waals surface area contributed by atoms with Crippen LogP contribution in [0.25, 0.3) is 0 Å². The lowest BCUT2D eigenvalue weighted by Gasteiger charge is -2.08. The number of terminal acetylenes is 1. The first-order valence-electron chi connectivity index (χ1n) is 5.92. The highest BCUT2D eigenvalue weighted by Crippen LogP contribution is 2.18. The van der Waals surface area contributed by atoms with Crippen LogP contribution >= 0.6 is 0 Å². The van der Waals surface area contributed by atoms with E-state index in [0.717, 1.165) is 6.42 Å². The third-order valence-corrected chi connectivity index (χ3v) is 2.29. The summed E-state index contributed by atoms with van der Waals surface area (Å²) in [5.41, 5.74) is 6.73. The molecule has 0 unspecified atom stereocenters. The fourth-order valence-electron chi connectivity index (χ4n) is 1.50. The molecule has 1 aromatic carbocycles. The monoisotopic (exact) mass is 246 g/mol. The van der Waals surface area contributed by atoms with Crippen LogP contribution in [0.4, 0.5) is 5.69 Å². The van der Waals surface area contributed by atoms with Crippen molar-refractivity contribution in [2.45, 2.75) is 19.8 Å². The fraction of sp³-hybridized carbons (Fsp3) is 0.357. The minimum Gasteiger partial charge on any atom is -0.494 e. The highest BCUT2D eigenvalue weighted by Gasteiger charge is 2.07. The second kappa shape index (κ2) is 7.23. The minimum absolute atomic E-state index is 0.166. The average Bonchev–Trinajstić information content (AvgIpc) is 2.34. The summed E-state index contributed by atoms with van der Waals surface area (Å²) >= 11 is 0. The molecule has 0 aliphatic carbocycles. The van der Waals surface area contributed by atoms with Gasteiger partial charge in [0.25, 0.3) is 5.91 Å². The molecule has 1 aromatic rings. The standard InChI is InChI=1S/C14H18N2O2/c1-3-5-6-7-16-14(17)11-8-12(15)10-13(9-11)18-4-2/h1,8-10H,4-7,15H2,2H3,(H,16,17). The Kier molecular flexibility index (Phi) is 5.59. The largest absolute Gasteiger partial charge is 0.494 e. The van der Waals surface area contributed by atoms with Gasteiger partial charge in [-0.3, -0.25) is 4.79 Å². The quantitative estimate of drug-likeness (QED) is 0.457. The zero-order chi connectivity index (χ0) is 13.4. The van der Waals surface area contributed by atoms with Crippen LogP contribution in [0, 0.1) is 12.3 Å². The predicted molar refractivity (Wildman–Crippen MR) is 72.4 cm³/mol. The van der Waals surface area contributed by atoms with Crippen LogP contribution in [-0.4, -0.2) is 19.1 Å². The van der Waals surface area contributed by atoms with E-state index in [0.29, 0.717) is 36.6 Å². The zero-order valence-corrected chi connectivity index (χ0v) is 10.5. The summed E-state index contributed by atoms with van der Waals surface area (Å²) in [6.45, 7) is 2.97. The first-order valence-corrected chi connectivity index (χ1v) is 5.92. The zero-order valence-electron chi connectivity index (χ0n) is 10.5. The highest BCUT2D eigenvalue weighted by atomic mass is 16.5. The number of unbranched alkanes of at least 4 members (excludes halogenated alkanes) is 1. The summed E-state index contributed by atoms with van der Waals surface area (Å²) in [4.78, 5) is 11.8. The maximum Gasteiger partial charge on any atom is 0.251 e. The van der Waals surface area contributed by atoms with Crippen LogP contribution < -0.4 is 15.8 Å². The molecule has 0 atom stereocenters. The van der Waals surface area contributed by atoms with Crippen molar-refractivity contribution in [2.24, 2.45) is 0 Å². The van der Waals surface area contributed by atoms with Crippen LogP contribution in [0.2, 0.25) is 0 Å². The number of amides is 1. The van der Waals surface area contributed by atoms with E-state index in [1.165, 1.54) is 0 Å². The van der Waals surface area contributed by atoms with Gasteiger partial charge in [-0.2, -0.15) is 0 Å². The van der Waals surface area contributed by atoms with E-state index >= 15 is 0 Å². The Labute approximate surface area is 108 Å². The Bertz CT molecular complexity index is 450. The lowest BCUT2D eigenvalue weighted by molar-refractivity contribution is 0.0953. The second-order valence-corrected chi connectivity index (χ2v) is 3.79. The summed E-state index contributed by atoms with van der Waals surface area (Å²) in [7, 11) is 0. The fourth-order valence-corrected chi connectivity index (χ4v) is 1.50. The molecule has 0 aliphatic heterocycles. The average molecular weight is 246 g/mol. The molecule has 1 rings (SSSR count). The van der Waals surface area contributed by atoms with Crippen LogP contribution in [0.1, 0.15) is 30.1 Å². The lowest BCUT2D eigenvalue weighted by atomic mass is 10.1. The Hall–Kier alpha value is -2.15. The number of rotatable bonds is 6. The highest BCUT2D eigenvalue weighted by molar-refractivity contribution is 5.95. The van der Waals surface area contributed by atoms with Gasteiger partial charge < -0.3 is 15.8 Å². The summed E-state index contributed by atoms with van der Waals surface area (Å²) < 4.78 is 5.33. The second-order valence-electron chi connectivity index (χ2n) is 3.79. The molecule has 0 fully saturated rings. The van der Waals surface area contributed by atoms with Crippen molar-refractivity contribution < 1.29 is 9.53 Å². The van der Waals surface area contributed by atoms with Gasteiger partial charge in [-0.1, -0.05) is 0 Å². The number of benzene rings is 1. The van der Waals surface area contributed by atoms with Gasteiger partial charge in [-0.15, -0.1) is 12.3 Å².